The van der Waals surface area contributed by atoms with Gasteiger partial charge in [0.25, 0.3) is 0 Å². The number of benzene rings is 1. The van der Waals surface area contributed by atoms with E-state index in [1.54, 1.807) is 0 Å². The molecule has 0 unspecified atom stereocenters. The summed E-state index contributed by atoms with van der Waals surface area (Å²) in [6.45, 7) is 0.171. The molecule has 0 aromatic heterocycles. The van der Waals surface area contributed by atoms with Crippen LogP contribution in [-0.2, 0) is 6.18 Å². The van der Waals surface area contributed by atoms with Crippen LogP contribution in [0.5, 0.6) is 5.75 Å². The van der Waals surface area contributed by atoms with Gasteiger partial charge in [-0.05, 0) is 18.2 Å². The van der Waals surface area contributed by atoms with Gasteiger partial charge in [-0.25, -0.2) is 0 Å². The Morgan fingerprint density at radius 1 is 1.33 bits per heavy atom. The second-order valence-electron chi connectivity index (χ2n) is 2.68. The fraction of sp³-hybridized carbons (Fsp3) is 0.333. The van der Waals surface area contributed by atoms with Crippen LogP contribution >= 0.6 is 27.5 Å². The summed E-state index contributed by atoms with van der Waals surface area (Å²) in [4.78, 5) is 0. The lowest BCUT2D eigenvalue weighted by molar-refractivity contribution is -0.138. The van der Waals surface area contributed by atoms with Crippen molar-refractivity contribution in [2.45, 2.75) is 6.18 Å². The van der Waals surface area contributed by atoms with Gasteiger partial charge in [-0.2, -0.15) is 13.2 Å². The molecule has 0 spiro atoms. The minimum Gasteiger partial charge on any atom is -0.492 e. The minimum atomic E-state index is -4.45. The van der Waals surface area contributed by atoms with Gasteiger partial charge in [-0.15, -0.1) is 0 Å². The zero-order chi connectivity index (χ0) is 11.5. The average Bonchev–Trinajstić information content (AvgIpc) is 2.14. The largest absolute Gasteiger partial charge is 0.492 e. The molecule has 0 amide bonds. The second-order valence-corrected chi connectivity index (χ2v) is 3.91. The van der Waals surface area contributed by atoms with Crippen molar-refractivity contribution in [1.29, 1.82) is 0 Å². The Kier molecular flexibility index (Phi) is 4.28. The van der Waals surface area contributed by atoms with E-state index in [-0.39, 0.29) is 17.4 Å². The number of rotatable bonds is 3. The molecule has 0 saturated carbocycles. The number of hydrogen-bond acceptors (Lipinski definition) is 1. The van der Waals surface area contributed by atoms with Gasteiger partial charge in [0.15, 0.2) is 0 Å². The normalized spacial score (nSPS) is 11.5. The number of alkyl halides is 4. The fourth-order valence-corrected chi connectivity index (χ4v) is 1.33. The van der Waals surface area contributed by atoms with Crippen LogP contribution in [0.4, 0.5) is 13.2 Å². The molecule has 0 fully saturated rings. The van der Waals surface area contributed by atoms with Gasteiger partial charge in [0, 0.05) is 10.4 Å². The smallest absolute Gasteiger partial charge is 0.420 e. The molecule has 1 nitrogen and oxygen atoms in total. The fourth-order valence-electron chi connectivity index (χ4n) is 0.998. The van der Waals surface area contributed by atoms with Crippen LogP contribution in [-0.4, -0.2) is 11.9 Å². The highest BCUT2D eigenvalue weighted by molar-refractivity contribution is 9.09. The van der Waals surface area contributed by atoms with E-state index >= 15 is 0 Å². The van der Waals surface area contributed by atoms with Crippen LogP contribution in [0.2, 0.25) is 5.02 Å². The number of hydrogen-bond donors (Lipinski definition) is 0. The molecule has 0 aliphatic carbocycles. The first-order valence-corrected chi connectivity index (χ1v) is 5.50. The highest BCUT2D eigenvalue weighted by Gasteiger charge is 2.34. The van der Waals surface area contributed by atoms with Crippen molar-refractivity contribution in [3.05, 3.63) is 28.8 Å². The minimum absolute atomic E-state index is 0.0357. The molecule has 0 bridgehead atoms. The van der Waals surface area contributed by atoms with Crippen LogP contribution in [0.1, 0.15) is 5.56 Å². The third-order valence-electron chi connectivity index (χ3n) is 1.58. The van der Waals surface area contributed by atoms with Crippen LogP contribution < -0.4 is 4.74 Å². The van der Waals surface area contributed by atoms with Crippen molar-refractivity contribution in [1.82, 2.24) is 0 Å². The number of ether oxygens (including phenoxy) is 1. The summed E-state index contributed by atoms with van der Waals surface area (Å²) in [7, 11) is 0. The Morgan fingerprint density at radius 3 is 2.53 bits per heavy atom. The molecule has 84 valence electrons. The predicted octanol–water partition coefficient (Wildman–Crippen LogP) is 4.13. The Balaban J connectivity index is 3.04. The zero-order valence-corrected chi connectivity index (χ0v) is 9.79. The Labute approximate surface area is 98.3 Å². The molecule has 6 heteroatoms. The van der Waals surface area contributed by atoms with E-state index < -0.39 is 11.7 Å². The van der Waals surface area contributed by atoms with Crippen LogP contribution in [0.25, 0.3) is 0 Å². The van der Waals surface area contributed by atoms with E-state index in [1.165, 1.54) is 12.1 Å². The van der Waals surface area contributed by atoms with Gasteiger partial charge >= 0.3 is 6.18 Å². The molecular formula is C9H7BrClF3O. The Hall–Kier alpha value is -0.420. The maximum absolute atomic E-state index is 12.5. The average molecular weight is 304 g/mol. The van der Waals surface area contributed by atoms with Crippen molar-refractivity contribution in [2.75, 3.05) is 11.9 Å². The van der Waals surface area contributed by atoms with Gasteiger partial charge in [0.1, 0.15) is 5.75 Å². The van der Waals surface area contributed by atoms with E-state index in [2.05, 4.69) is 15.9 Å². The summed E-state index contributed by atoms with van der Waals surface area (Å²) in [6, 6.07) is 3.43. The SMILES string of the molecule is FC(F)(F)c1cc(Cl)ccc1OCCBr. The lowest BCUT2D eigenvalue weighted by Crippen LogP contribution is -2.09. The zero-order valence-electron chi connectivity index (χ0n) is 7.44. The molecule has 0 heterocycles. The molecule has 0 saturated heterocycles. The van der Waals surface area contributed by atoms with E-state index in [1.807, 2.05) is 0 Å². The summed E-state index contributed by atoms with van der Waals surface area (Å²) in [5.74, 6) is -0.202. The van der Waals surface area contributed by atoms with Gasteiger partial charge in [0.2, 0.25) is 0 Å². The van der Waals surface area contributed by atoms with E-state index in [0.29, 0.717) is 5.33 Å². The molecular weight excluding hydrogens is 296 g/mol. The third-order valence-corrected chi connectivity index (χ3v) is 2.14. The third kappa shape index (κ3) is 3.57. The Bertz CT molecular complexity index is 341. The van der Waals surface area contributed by atoms with Crippen molar-refractivity contribution >= 4 is 27.5 Å². The van der Waals surface area contributed by atoms with E-state index in [4.69, 9.17) is 16.3 Å². The molecule has 1 aromatic rings. The summed E-state index contributed by atoms with van der Waals surface area (Å²) in [5, 5.41) is 0.501. The molecule has 15 heavy (non-hydrogen) atoms. The molecule has 0 atom stereocenters. The van der Waals surface area contributed by atoms with Crippen molar-refractivity contribution in [3.63, 3.8) is 0 Å². The van der Waals surface area contributed by atoms with Crippen molar-refractivity contribution in [3.8, 4) is 5.75 Å². The monoisotopic (exact) mass is 302 g/mol. The summed E-state index contributed by atoms with van der Waals surface area (Å²) in [5.41, 5.74) is -0.851. The first-order chi connectivity index (χ1) is 6.95. The van der Waals surface area contributed by atoms with Crippen LogP contribution in [0.3, 0.4) is 0 Å². The number of halogens is 5. The molecule has 0 aliphatic rings. The second kappa shape index (κ2) is 5.07. The van der Waals surface area contributed by atoms with Crippen LogP contribution in [0, 0.1) is 0 Å². The molecule has 0 N–H and O–H groups in total. The molecule has 0 aliphatic heterocycles. The standard InChI is InChI=1S/C9H7BrClF3O/c10-3-4-15-8-2-1-6(11)5-7(8)9(12,13)14/h1-2,5H,3-4H2. The predicted molar refractivity (Wildman–Crippen MR) is 55.7 cm³/mol. The van der Waals surface area contributed by atoms with Gasteiger partial charge < -0.3 is 4.74 Å². The lowest BCUT2D eigenvalue weighted by atomic mass is 10.2. The first-order valence-electron chi connectivity index (χ1n) is 4.00. The quantitative estimate of drug-likeness (QED) is 0.763. The summed E-state index contributed by atoms with van der Waals surface area (Å²) >= 11 is 8.56. The highest BCUT2D eigenvalue weighted by atomic mass is 79.9. The molecule has 0 radical (unpaired) electrons. The summed E-state index contributed by atoms with van der Waals surface area (Å²) < 4.78 is 42.5. The van der Waals surface area contributed by atoms with E-state index in [9.17, 15) is 13.2 Å². The molecule has 1 rings (SSSR count). The van der Waals surface area contributed by atoms with E-state index in [0.717, 1.165) is 6.07 Å². The maximum atomic E-state index is 12.5. The van der Waals surface area contributed by atoms with Gasteiger partial charge in [-0.1, -0.05) is 27.5 Å². The maximum Gasteiger partial charge on any atom is 0.420 e. The van der Waals surface area contributed by atoms with Gasteiger partial charge in [-0.3, -0.25) is 0 Å². The van der Waals surface area contributed by atoms with Crippen molar-refractivity contribution < 1.29 is 17.9 Å². The first kappa shape index (κ1) is 12.6. The summed E-state index contributed by atoms with van der Waals surface area (Å²) in [6.07, 6.45) is -4.45. The Morgan fingerprint density at radius 2 is 2.00 bits per heavy atom. The van der Waals surface area contributed by atoms with Gasteiger partial charge in [0.05, 0.1) is 12.2 Å². The highest BCUT2D eigenvalue weighted by Crippen LogP contribution is 2.37. The lowest BCUT2D eigenvalue weighted by Gasteiger charge is -2.13. The topological polar surface area (TPSA) is 9.23 Å². The molecule has 1 aromatic carbocycles. The van der Waals surface area contributed by atoms with Crippen LogP contribution in [0.15, 0.2) is 18.2 Å². The van der Waals surface area contributed by atoms with Crippen molar-refractivity contribution in [2.24, 2.45) is 0 Å².